The molecule has 6 nitrogen and oxygen atoms in total. The van der Waals surface area contributed by atoms with E-state index in [-0.39, 0.29) is 16.7 Å². The molecule has 168 valence electrons. The molecule has 1 atom stereocenters. The summed E-state index contributed by atoms with van der Waals surface area (Å²) in [6.45, 7) is 6.64. The molecular weight excluding hydrogens is 442 g/mol. The summed E-state index contributed by atoms with van der Waals surface area (Å²) >= 11 is 1.45. The fourth-order valence-electron chi connectivity index (χ4n) is 3.87. The third kappa shape index (κ3) is 4.77. The predicted molar refractivity (Wildman–Crippen MR) is 129 cm³/mol. The molecule has 0 radical (unpaired) electrons. The smallest absolute Gasteiger partial charge is 0.241 e. The molecule has 3 aromatic rings. The van der Waals surface area contributed by atoms with Gasteiger partial charge in [-0.25, -0.2) is 13.4 Å². The van der Waals surface area contributed by atoms with Crippen LogP contribution in [0.1, 0.15) is 30.8 Å². The van der Waals surface area contributed by atoms with Crippen LogP contribution in [0.3, 0.4) is 0 Å². The van der Waals surface area contributed by atoms with Gasteiger partial charge in [0.15, 0.2) is 0 Å². The molecule has 1 aliphatic heterocycles. The second kappa shape index (κ2) is 9.13. The fourth-order valence-corrected chi connectivity index (χ4v) is 6.18. The van der Waals surface area contributed by atoms with Gasteiger partial charge in [0, 0.05) is 13.1 Å². The number of nitrogens with one attached hydrogen (secondary N) is 1. The summed E-state index contributed by atoms with van der Waals surface area (Å²) in [5, 5.41) is 0.880. The van der Waals surface area contributed by atoms with E-state index < -0.39 is 16.1 Å². The van der Waals surface area contributed by atoms with Gasteiger partial charge in [-0.15, -0.1) is 11.3 Å². The number of thiazole rings is 1. The maximum absolute atomic E-state index is 13.3. The lowest BCUT2D eigenvalue weighted by molar-refractivity contribution is -0.133. The maximum Gasteiger partial charge on any atom is 0.241 e. The van der Waals surface area contributed by atoms with E-state index in [1.165, 1.54) is 16.9 Å². The van der Waals surface area contributed by atoms with Crippen LogP contribution in [0.5, 0.6) is 0 Å². The molecule has 0 bridgehead atoms. The first-order valence-electron chi connectivity index (χ1n) is 10.7. The highest BCUT2D eigenvalue weighted by atomic mass is 32.2. The van der Waals surface area contributed by atoms with Crippen molar-refractivity contribution < 1.29 is 13.2 Å². The number of fused-ring (bicyclic) bond motifs is 1. The van der Waals surface area contributed by atoms with E-state index in [0.717, 1.165) is 27.2 Å². The lowest BCUT2D eigenvalue weighted by atomic mass is 9.98. The summed E-state index contributed by atoms with van der Waals surface area (Å²) in [4.78, 5) is 19.5. The highest BCUT2D eigenvalue weighted by Crippen LogP contribution is 2.26. The van der Waals surface area contributed by atoms with E-state index in [2.05, 4.69) is 27.9 Å². The van der Waals surface area contributed by atoms with E-state index in [1.54, 1.807) is 23.1 Å². The van der Waals surface area contributed by atoms with E-state index in [0.29, 0.717) is 13.1 Å². The van der Waals surface area contributed by atoms with Crippen LogP contribution < -0.4 is 4.72 Å². The molecule has 1 N–H and O–H groups in total. The summed E-state index contributed by atoms with van der Waals surface area (Å²) in [5.74, 6) is -0.382. The number of hydrogen-bond acceptors (Lipinski definition) is 5. The Bertz CT molecular complexity index is 1260. The quantitative estimate of drug-likeness (QED) is 0.586. The molecule has 0 saturated carbocycles. The number of aryl methyl sites for hydroxylation is 1. The molecule has 0 fully saturated rings. The van der Waals surface area contributed by atoms with Crippen molar-refractivity contribution in [3.63, 3.8) is 0 Å². The number of aromatic nitrogens is 1. The van der Waals surface area contributed by atoms with Gasteiger partial charge in [0.05, 0.1) is 20.1 Å². The second-order valence-electron chi connectivity index (χ2n) is 8.34. The van der Waals surface area contributed by atoms with Gasteiger partial charge in [-0.3, -0.25) is 4.79 Å². The zero-order valence-electron chi connectivity index (χ0n) is 18.4. The van der Waals surface area contributed by atoms with Crippen LogP contribution in [0, 0.1) is 12.8 Å². The third-order valence-electron chi connectivity index (χ3n) is 5.66. The van der Waals surface area contributed by atoms with Gasteiger partial charge in [0.2, 0.25) is 15.9 Å². The molecule has 1 amide bonds. The lowest BCUT2D eigenvalue weighted by Crippen LogP contribution is -2.52. The van der Waals surface area contributed by atoms with Crippen LogP contribution in [-0.2, 0) is 14.8 Å². The standard InChI is InChI=1S/C24H27N3O3S2/c1-16(2)23(24(28)27-13-11-19(12-14-27)18-7-5-4-6-8-18)26-32(29,30)20-9-10-21-22(15-20)31-17(3)25-21/h4-11,15-16,23,26H,12-14H2,1-3H3/t23-/m1/s1. The summed E-state index contributed by atoms with van der Waals surface area (Å²) < 4.78 is 29.7. The minimum absolute atomic E-state index is 0.150. The third-order valence-corrected chi connectivity index (χ3v) is 8.03. The monoisotopic (exact) mass is 469 g/mol. The van der Waals surface area contributed by atoms with Crippen molar-refractivity contribution in [2.24, 2.45) is 5.92 Å². The lowest BCUT2D eigenvalue weighted by Gasteiger charge is -2.32. The summed E-state index contributed by atoms with van der Waals surface area (Å²) in [6, 6.07) is 14.2. The van der Waals surface area contributed by atoms with Crippen LogP contribution in [-0.4, -0.2) is 43.3 Å². The predicted octanol–water partition coefficient (Wildman–Crippen LogP) is 4.22. The van der Waals surface area contributed by atoms with Gasteiger partial charge in [-0.05, 0) is 48.6 Å². The zero-order chi connectivity index (χ0) is 22.9. The molecule has 1 aliphatic rings. The average Bonchev–Trinajstić information content (AvgIpc) is 3.17. The van der Waals surface area contributed by atoms with Crippen LogP contribution in [0.4, 0.5) is 0 Å². The largest absolute Gasteiger partial charge is 0.337 e. The van der Waals surface area contributed by atoms with Gasteiger partial charge >= 0.3 is 0 Å². The summed E-state index contributed by atoms with van der Waals surface area (Å²) in [6.07, 6.45) is 2.80. The SMILES string of the molecule is Cc1nc2ccc(S(=O)(=O)N[C@@H](C(=O)N3CC=C(c4ccccc4)CC3)C(C)C)cc2s1. The molecule has 2 aromatic carbocycles. The van der Waals surface area contributed by atoms with Crippen LogP contribution in [0.2, 0.25) is 0 Å². The Kier molecular flexibility index (Phi) is 6.46. The topological polar surface area (TPSA) is 79.4 Å². The minimum atomic E-state index is -3.86. The Balaban J connectivity index is 1.51. The van der Waals surface area contributed by atoms with E-state index in [1.807, 2.05) is 39.0 Å². The van der Waals surface area contributed by atoms with Crippen LogP contribution in [0.25, 0.3) is 15.8 Å². The van der Waals surface area contributed by atoms with Crippen molar-refractivity contribution >= 4 is 43.1 Å². The van der Waals surface area contributed by atoms with Crippen LogP contribution >= 0.6 is 11.3 Å². The van der Waals surface area contributed by atoms with E-state index in [9.17, 15) is 13.2 Å². The number of carbonyl (C=O) groups excluding carboxylic acids is 1. The summed E-state index contributed by atoms with van der Waals surface area (Å²) in [7, 11) is -3.86. The second-order valence-corrected chi connectivity index (χ2v) is 11.3. The summed E-state index contributed by atoms with van der Waals surface area (Å²) in [5.41, 5.74) is 3.15. The molecular formula is C24H27N3O3S2. The molecule has 4 rings (SSSR count). The first-order chi connectivity index (χ1) is 15.2. The molecule has 32 heavy (non-hydrogen) atoms. The fraction of sp³-hybridized carbons (Fsp3) is 0.333. The van der Waals surface area contributed by atoms with Crippen molar-refractivity contribution in [3.05, 3.63) is 65.2 Å². The number of nitrogens with zero attached hydrogens (tertiary/aromatic N) is 2. The maximum atomic E-state index is 13.3. The van der Waals surface area contributed by atoms with Crippen molar-refractivity contribution in [1.29, 1.82) is 0 Å². The Morgan fingerprint density at radius 3 is 2.56 bits per heavy atom. The van der Waals surface area contributed by atoms with Crippen molar-refractivity contribution in [2.75, 3.05) is 13.1 Å². The molecule has 0 aliphatic carbocycles. The Hall–Kier alpha value is -2.55. The molecule has 0 spiro atoms. The Morgan fingerprint density at radius 2 is 1.91 bits per heavy atom. The first-order valence-corrected chi connectivity index (χ1v) is 13.0. The number of amides is 1. The zero-order valence-corrected chi connectivity index (χ0v) is 20.0. The first kappa shape index (κ1) is 22.6. The van der Waals surface area contributed by atoms with E-state index >= 15 is 0 Å². The number of benzene rings is 2. The minimum Gasteiger partial charge on any atom is -0.337 e. The van der Waals surface area contributed by atoms with Gasteiger partial charge in [-0.2, -0.15) is 4.72 Å². The number of rotatable bonds is 6. The van der Waals surface area contributed by atoms with E-state index in [4.69, 9.17) is 0 Å². The molecule has 8 heteroatoms. The highest BCUT2D eigenvalue weighted by molar-refractivity contribution is 7.89. The Morgan fingerprint density at radius 1 is 1.16 bits per heavy atom. The molecule has 1 aromatic heterocycles. The highest BCUT2D eigenvalue weighted by Gasteiger charge is 2.32. The molecule has 0 saturated heterocycles. The normalized spacial score (nSPS) is 15.8. The Labute approximate surface area is 193 Å². The average molecular weight is 470 g/mol. The van der Waals surface area contributed by atoms with Crippen molar-refractivity contribution in [1.82, 2.24) is 14.6 Å². The van der Waals surface area contributed by atoms with Gasteiger partial charge in [-0.1, -0.05) is 50.3 Å². The number of carbonyl (C=O) groups is 1. The van der Waals surface area contributed by atoms with Gasteiger partial charge < -0.3 is 4.90 Å². The van der Waals surface area contributed by atoms with Gasteiger partial charge in [0.1, 0.15) is 6.04 Å². The molecule has 2 heterocycles. The van der Waals surface area contributed by atoms with Crippen molar-refractivity contribution in [2.45, 2.75) is 38.1 Å². The number of sulfonamides is 1. The van der Waals surface area contributed by atoms with Gasteiger partial charge in [0.25, 0.3) is 0 Å². The van der Waals surface area contributed by atoms with Crippen molar-refractivity contribution in [3.8, 4) is 0 Å². The number of hydrogen-bond donors (Lipinski definition) is 1. The molecule has 0 unspecified atom stereocenters. The van der Waals surface area contributed by atoms with Crippen LogP contribution in [0.15, 0.2) is 59.5 Å².